The van der Waals surface area contributed by atoms with Gasteiger partial charge in [0.2, 0.25) is 6.23 Å². The fraction of sp³-hybridized carbons (Fsp3) is 0.136. The molecular formula is C22H15Cl2N3O3. The van der Waals surface area contributed by atoms with Gasteiger partial charge in [-0.1, -0.05) is 59.6 Å². The molecule has 0 spiro atoms. The van der Waals surface area contributed by atoms with Gasteiger partial charge in [0.15, 0.2) is 0 Å². The molecule has 0 saturated heterocycles. The van der Waals surface area contributed by atoms with Crippen LogP contribution in [-0.2, 0) is 0 Å². The molecule has 0 bridgehead atoms. The molecule has 0 unspecified atom stereocenters. The van der Waals surface area contributed by atoms with E-state index >= 15 is 0 Å². The summed E-state index contributed by atoms with van der Waals surface area (Å²) in [7, 11) is 0. The lowest BCUT2D eigenvalue weighted by Gasteiger charge is -2.38. The lowest BCUT2D eigenvalue weighted by Crippen LogP contribution is -2.34. The number of ether oxygens (including phenoxy) is 1. The Morgan fingerprint density at radius 1 is 1.03 bits per heavy atom. The van der Waals surface area contributed by atoms with Crippen LogP contribution in [0, 0.1) is 10.1 Å². The van der Waals surface area contributed by atoms with Gasteiger partial charge >= 0.3 is 0 Å². The largest absolute Gasteiger partial charge is 0.464 e. The third kappa shape index (κ3) is 3.18. The minimum Gasteiger partial charge on any atom is -0.464 e. The first kappa shape index (κ1) is 18.9. The molecule has 0 aliphatic carbocycles. The van der Waals surface area contributed by atoms with E-state index in [0.717, 1.165) is 22.4 Å². The number of rotatable bonds is 3. The number of nitro groups is 1. The van der Waals surface area contributed by atoms with Gasteiger partial charge in [0.25, 0.3) is 5.69 Å². The molecular weight excluding hydrogens is 425 g/mol. The summed E-state index contributed by atoms with van der Waals surface area (Å²) >= 11 is 12.5. The summed E-state index contributed by atoms with van der Waals surface area (Å²) in [5.74, 6) is 0.586. The highest BCUT2D eigenvalue weighted by Gasteiger charge is 2.42. The van der Waals surface area contributed by atoms with Crippen molar-refractivity contribution in [3.8, 4) is 5.75 Å². The van der Waals surface area contributed by atoms with Gasteiger partial charge in [0.1, 0.15) is 5.75 Å². The van der Waals surface area contributed by atoms with Gasteiger partial charge in [-0.05, 0) is 23.8 Å². The molecule has 6 nitrogen and oxygen atoms in total. The van der Waals surface area contributed by atoms with Crippen LogP contribution >= 0.6 is 23.2 Å². The summed E-state index contributed by atoms with van der Waals surface area (Å²) in [6, 6.07) is 19.5. The number of non-ortho nitro benzene ring substituents is 1. The van der Waals surface area contributed by atoms with Crippen LogP contribution in [0.15, 0.2) is 71.8 Å². The predicted octanol–water partition coefficient (Wildman–Crippen LogP) is 6.14. The Hall–Kier alpha value is -3.09. The highest BCUT2D eigenvalue weighted by molar-refractivity contribution is 6.35. The first-order valence-corrected chi connectivity index (χ1v) is 10.1. The lowest BCUT2D eigenvalue weighted by atomic mass is 9.95. The van der Waals surface area contributed by atoms with Crippen molar-refractivity contribution in [1.82, 2.24) is 5.01 Å². The van der Waals surface area contributed by atoms with Crippen LogP contribution in [0.3, 0.4) is 0 Å². The number of hydrazone groups is 1. The molecule has 30 heavy (non-hydrogen) atoms. The van der Waals surface area contributed by atoms with E-state index in [9.17, 15) is 10.1 Å². The first-order valence-electron chi connectivity index (χ1n) is 9.32. The van der Waals surface area contributed by atoms with Crippen molar-refractivity contribution in [3.05, 3.63) is 104 Å². The molecule has 2 aliphatic rings. The maximum Gasteiger partial charge on any atom is 0.270 e. The average Bonchev–Trinajstić information content (AvgIpc) is 3.19. The van der Waals surface area contributed by atoms with E-state index in [1.165, 1.54) is 6.07 Å². The van der Waals surface area contributed by atoms with Crippen LogP contribution in [0.1, 0.15) is 35.4 Å². The maximum absolute atomic E-state index is 11.3. The Balaban J connectivity index is 1.63. The number of nitro benzene ring substituents is 1. The Morgan fingerprint density at radius 2 is 1.83 bits per heavy atom. The fourth-order valence-electron chi connectivity index (χ4n) is 3.90. The molecule has 0 N–H and O–H groups in total. The van der Waals surface area contributed by atoms with Crippen LogP contribution in [0.4, 0.5) is 5.69 Å². The molecule has 0 fully saturated rings. The topological polar surface area (TPSA) is 68.0 Å². The normalized spacial score (nSPS) is 19.5. The molecule has 3 aromatic rings. The Bertz CT molecular complexity index is 1180. The zero-order valence-electron chi connectivity index (χ0n) is 15.5. The minimum absolute atomic E-state index is 0.0217. The molecule has 150 valence electrons. The van der Waals surface area contributed by atoms with Crippen LogP contribution < -0.4 is 4.74 Å². The summed E-state index contributed by atoms with van der Waals surface area (Å²) in [4.78, 5) is 10.9. The third-order valence-corrected chi connectivity index (χ3v) is 5.88. The summed E-state index contributed by atoms with van der Waals surface area (Å²) in [6.07, 6.45) is 0.0263. The van der Waals surface area contributed by atoms with Crippen LogP contribution in [-0.4, -0.2) is 15.6 Å². The number of benzene rings is 3. The van der Waals surface area contributed by atoms with Crippen LogP contribution in [0.5, 0.6) is 5.75 Å². The molecule has 0 aromatic heterocycles. The Labute approximate surface area is 182 Å². The zero-order valence-corrected chi connectivity index (χ0v) is 17.0. The number of halogens is 2. The van der Waals surface area contributed by atoms with Crippen molar-refractivity contribution < 1.29 is 9.66 Å². The second-order valence-electron chi connectivity index (χ2n) is 7.13. The quantitative estimate of drug-likeness (QED) is 0.362. The van der Waals surface area contributed by atoms with Gasteiger partial charge in [0, 0.05) is 34.7 Å². The Kier molecular flexibility index (Phi) is 4.60. The Morgan fingerprint density at radius 3 is 2.57 bits per heavy atom. The van der Waals surface area contributed by atoms with Crippen molar-refractivity contribution in [2.24, 2.45) is 5.10 Å². The summed E-state index contributed by atoms with van der Waals surface area (Å²) in [5.41, 5.74) is 3.38. The summed E-state index contributed by atoms with van der Waals surface area (Å²) < 4.78 is 6.24. The van der Waals surface area contributed by atoms with Crippen molar-refractivity contribution in [3.63, 3.8) is 0 Å². The zero-order chi connectivity index (χ0) is 20.8. The van der Waals surface area contributed by atoms with E-state index < -0.39 is 11.2 Å². The molecule has 3 aromatic carbocycles. The van der Waals surface area contributed by atoms with E-state index in [-0.39, 0.29) is 11.7 Å². The molecule has 2 aliphatic heterocycles. The van der Waals surface area contributed by atoms with E-state index in [4.69, 9.17) is 33.0 Å². The molecule has 5 rings (SSSR count). The van der Waals surface area contributed by atoms with Gasteiger partial charge in [-0.2, -0.15) is 5.10 Å². The molecule has 0 radical (unpaired) electrons. The SMILES string of the molecule is O=[N+]([O-])c1ccc2c(c1)[C@@H]1CC(c3ccccc3)=NN1[C@H](c1ccc(Cl)cc1Cl)O2. The standard InChI is InChI=1S/C22H15Cl2N3O3/c23-14-6-8-16(18(24)10-14)22-26-20(12-19(25-26)13-4-2-1-3-5-13)17-11-15(27(28)29)7-9-21(17)30-22/h1-11,20,22H,12H2/t20-,22-/m0/s1. The highest BCUT2D eigenvalue weighted by atomic mass is 35.5. The average molecular weight is 440 g/mol. The van der Waals surface area contributed by atoms with Crippen molar-refractivity contribution >= 4 is 34.6 Å². The monoisotopic (exact) mass is 439 g/mol. The number of fused-ring (bicyclic) bond motifs is 3. The van der Waals surface area contributed by atoms with Gasteiger partial charge in [0.05, 0.1) is 21.7 Å². The van der Waals surface area contributed by atoms with E-state index in [2.05, 4.69) is 0 Å². The van der Waals surface area contributed by atoms with Crippen molar-refractivity contribution in [1.29, 1.82) is 0 Å². The smallest absolute Gasteiger partial charge is 0.270 e. The van der Waals surface area contributed by atoms with Crippen LogP contribution in [0.25, 0.3) is 0 Å². The van der Waals surface area contributed by atoms with Crippen molar-refractivity contribution in [2.45, 2.75) is 18.7 Å². The molecule has 8 heteroatoms. The van der Waals surface area contributed by atoms with Gasteiger partial charge in [-0.25, -0.2) is 5.01 Å². The van der Waals surface area contributed by atoms with Gasteiger partial charge in [-0.15, -0.1) is 0 Å². The van der Waals surface area contributed by atoms with E-state index in [1.807, 2.05) is 41.4 Å². The summed E-state index contributed by atoms with van der Waals surface area (Å²) in [6.45, 7) is 0. The number of hydrogen-bond donors (Lipinski definition) is 0. The highest BCUT2D eigenvalue weighted by Crippen LogP contribution is 2.49. The molecule has 0 amide bonds. The molecule has 2 atom stereocenters. The number of hydrogen-bond acceptors (Lipinski definition) is 5. The predicted molar refractivity (Wildman–Crippen MR) is 115 cm³/mol. The fourth-order valence-corrected chi connectivity index (χ4v) is 4.40. The lowest BCUT2D eigenvalue weighted by molar-refractivity contribution is -0.385. The number of nitrogens with zero attached hydrogens (tertiary/aromatic N) is 3. The second kappa shape index (κ2) is 7.31. The van der Waals surface area contributed by atoms with Gasteiger partial charge in [-0.3, -0.25) is 10.1 Å². The third-order valence-electron chi connectivity index (χ3n) is 5.32. The van der Waals surface area contributed by atoms with Crippen molar-refractivity contribution in [2.75, 3.05) is 0 Å². The van der Waals surface area contributed by atoms with E-state index in [0.29, 0.717) is 22.2 Å². The second-order valence-corrected chi connectivity index (χ2v) is 7.97. The van der Waals surface area contributed by atoms with Crippen LogP contribution in [0.2, 0.25) is 10.0 Å². The first-order chi connectivity index (χ1) is 14.5. The van der Waals surface area contributed by atoms with E-state index in [1.54, 1.807) is 24.3 Å². The summed E-state index contributed by atoms with van der Waals surface area (Å²) in [5, 5.41) is 19.0. The minimum atomic E-state index is -0.574. The van der Waals surface area contributed by atoms with Gasteiger partial charge < -0.3 is 4.74 Å². The molecule has 0 saturated carbocycles. The molecule has 2 heterocycles. The maximum atomic E-state index is 11.3.